The number of aliphatic hydroxyl groups excluding tert-OH is 1. The number of hydrogen-bond donors (Lipinski definition) is 3. The van der Waals surface area contributed by atoms with Crippen molar-refractivity contribution < 1.29 is 14.7 Å². The van der Waals surface area contributed by atoms with Crippen molar-refractivity contribution in [2.24, 2.45) is 5.10 Å². The van der Waals surface area contributed by atoms with Crippen LogP contribution in [0.5, 0.6) is 0 Å². The van der Waals surface area contributed by atoms with Crippen LogP contribution in [0.3, 0.4) is 0 Å². The molecule has 2 amide bonds. The van der Waals surface area contributed by atoms with Crippen LogP contribution < -0.4 is 10.7 Å². The van der Waals surface area contributed by atoms with E-state index in [2.05, 4.69) is 25.6 Å². The molecule has 1 aromatic heterocycles. The number of amides is 2. The maximum atomic E-state index is 13.1. The van der Waals surface area contributed by atoms with Gasteiger partial charge in [0.15, 0.2) is 0 Å². The normalized spacial score (nSPS) is 14.6. The number of benzene rings is 2. The van der Waals surface area contributed by atoms with Crippen LogP contribution in [-0.2, 0) is 6.54 Å². The third kappa shape index (κ3) is 7.14. The average molecular weight is 534 g/mol. The molecule has 38 heavy (non-hydrogen) atoms. The van der Waals surface area contributed by atoms with Gasteiger partial charge in [-0.25, -0.2) is 5.43 Å². The summed E-state index contributed by atoms with van der Waals surface area (Å²) in [6.07, 6.45) is 1.61. The smallest absolute Gasteiger partial charge is 0.274 e. The highest BCUT2D eigenvalue weighted by atomic mass is 32.1. The number of thiophene rings is 1. The van der Waals surface area contributed by atoms with Crippen LogP contribution >= 0.6 is 11.3 Å². The van der Waals surface area contributed by atoms with Gasteiger partial charge in [0.05, 0.1) is 18.4 Å². The minimum absolute atomic E-state index is 0.185. The number of anilines is 1. The molecule has 1 saturated heterocycles. The van der Waals surface area contributed by atoms with Gasteiger partial charge in [-0.15, -0.1) is 11.3 Å². The number of hydrazone groups is 1. The third-order valence-electron chi connectivity index (χ3n) is 6.82. The Kier molecular flexibility index (Phi) is 9.41. The monoisotopic (exact) mass is 533 g/mol. The van der Waals surface area contributed by atoms with E-state index in [0.29, 0.717) is 22.7 Å². The number of aliphatic hydroxyl groups is 1. The Hall–Kier alpha value is -3.37. The van der Waals surface area contributed by atoms with Gasteiger partial charge in [0.1, 0.15) is 5.00 Å². The fraction of sp³-hybridized carbons (Fsp3) is 0.345. The van der Waals surface area contributed by atoms with Gasteiger partial charge in [-0.05, 0) is 66.1 Å². The second-order valence-electron chi connectivity index (χ2n) is 9.66. The summed E-state index contributed by atoms with van der Waals surface area (Å²) in [4.78, 5) is 30.6. The quantitative estimate of drug-likeness (QED) is 0.287. The molecule has 0 bridgehead atoms. The summed E-state index contributed by atoms with van der Waals surface area (Å²) in [5.74, 6) is -0.623. The molecular weight excluding hydrogens is 498 g/mol. The number of piperazine rings is 1. The lowest BCUT2D eigenvalue weighted by Gasteiger charge is -2.34. The van der Waals surface area contributed by atoms with Crippen molar-refractivity contribution in [1.29, 1.82) is 0 Å². The highest BCUT2D eigenvalue weighted by Crippen LogP contribution is 2.28. The summed E-state index contributed by atoms with van der Waals surface area (Å²) < 4.78 is 0. The van der Waals surface area contributed by atoms with Gasteiger partial charge < -0.3 is 10.4 Å². The fourth-order valence-electron chi connectivity index (χ4n) is 4.44. The van der Waals surface area contributed by atoms with Crippen LogP contribution in [0.15, 0.2) is 52.9 Å². The molecule has 8 nitrogen and oxygen atoms in total. The van der Waals surface area contributed by atoms with Crippen LogP contribution in [0, 0.1) is 20.8 Å². The van der Waals surface area contributed by atoms with E-state index in [-0.39, 0.29) is 18.4 Å². The predicted octanol–water partition coefficient (Wildman–Crippen LogP) is 3.80. The fourth-order valence-corrected chi connectivity index (χ4v) is 5.38. The summed E-state index contributed by atoms with van der Waals surface area (Å²) in [6.45, 7) is 11.3. The number of hydrogen-bond acceptors (Lipinski definition) is 7. The lowest BCUT2D eigenvalue weighted by molar-refractivity contribution is 0.0956. The molecule has 0 radical (unpaired) electrons. The van der Waals surface area contributed by atoms with E-state index < -0.39 is 0 Å². The number of carbonyl (C=O) groups excluding carboxylic acids is 2. The predicted molar refractivity (Wildman–Crippen MR) is 153 cm³/mol. The maximum absolute atomic E-state index is 13.1. The van der Waals surface area contributed by atoms with E-state index in [4.69, 9.17) is 5.11 Å². The van der Waals surface area contributed by atoms with Gasteiger partial charge in [-0.1, -0.05) is 30.3 Å². The molecule has 1 fully saturated rings. The highest BCUT2D eigenvalue weighted by molar-refractivity contribution is 7.15. The van der Waals surface area contributed by atoms with Gasteiger partial charge in [-0.3, -0.25) is 19.4 Å². The van der Waals surface area contributed by atoms with E-state index >= 15 is 0 Å². The van der Waals surface area contributed by atoms with Crippen molar-refractivity contribution in [1.82, 2.24) is 15.2 Å². The van der Waals surface area contributed by atoms with Gasteiger partial charge in [0.2, 0.25) is 0 Å². The minimum Gasteiger partial charge on any atom is -0.395 e. The molecule has 3 aromatic rings. The van der Waals surface area contributed by atoms with E-state index in [0.717, 1.165) is 55.0 Å². The molecule has 0 atom stereocenters. The van der Waals surface area contributed by atoms with Crippen molar-refractivity contribution in [2.45, 2.75) is 27.3 Å². The molecule has 0 aliphatic carbocycles. The van der Waals surface area contributed by atoms with Gasteiger partial charge in [0, 0.05) is 44.8 Å². The first-order valence-electron chi connectivity index (χ1n) is 12.8. The first kappa shape index (κ1) is 27.7. The number of β-amino-alcohol motifs (C(OH)–C–C–N with tert-alkyl or cyclic N) is 1. The zero-order chi connectivity index (χ0) is 27.1. The van der Waals surface area contributed by atoms with Gasteiger partial charge in [-0.2, -0.15) is 5.10 Å². The molecular formula is C29H35N5O3S. The third-order valence-corrected chi connectivity index (χ3v) is 7.83. The Morgan fingerprint density at radius 1 is 0.974 bits per heavy atom. The molecule has 1 aliphatic rings. The average Bonchev–Trinajstić information content (AvgIpc) is 3.27. The number of nitrogens with zero attached hydrogens (tertiary/aromatic N) is 3. The lowest BCUT2D eigenvalue weighted by Crippen LogP contribution is -2.46. The van der Waals surface area contributed by atoms with Crippen LogP contribution in [-0.4, -0.2) is 72.3 Å². The minimum atomic E-state index is -0.367. The van der Waals surface area contributed by atoms with Gasteiger partial charge >= 0.3 is 0 Å². The Morgan fingerprint density at radius 2 is 1.74 bits per heavy atom. The Bertz CT molecular complexity index is 1310. The molecule has 0 spiro atoms. The largest absolute Gasteiger partial charge is 0.395 e. The standard InChI is InChI=1S/C29H35N5O3S/c1-20-7-8-23(15-21(20)2)17-30-32-28(37)26-22(3)19-38-29(26)31-27(36)25-6-4-5-24(16-25)18-34-11-9-33(10-12-34)13-14-35/h4-8,15-17,19,35H,9-14,18H2,1-3H3,(H,31,36)(H,32,37). The Labute approximate surface area is 228 Å². The summed E-state index contributed by atoms with van der Waals surface area (Å²) in [5, 5.41) is 18.5. The van der Waals surface area contributed by atoms with Crippen molar-refractivity contribution >= 4 is 34.4 Å². The second-order valence-corrected chi connectivity index (χ2v) is 10.5. The maximum Gasteiger partial charge on any atom is 0.274 e. The van der Waals surface area contributed by atoms with Crippen LogP contribution in [0.2, 0.25) is 0 Å². The van der Waals surface area contributed by atoms with Crippen LogP contribution in [0.1, 0.15) is 48.5 Å². The van der Waals surface area contributed by atoms with Crippen LogP contribution in [0.25, 0.3) is 0 Å². The van der Waals surface area contributed by atoms with Crippen molar-refractivity contribution in [3.05, 3.63) is 86.8 Å². The van der Waals surface area contributed by atoms with Gasteiger partial charge in [0.25, 0.3) is 11.8 Å². The number of carbonyl (C=O) groups is 2. The van der Waals surface area contributed by atoms with E-state index in [1.165, 1.54) is 16.9 Å². The van der Waals surface area contributed by atoms with E-state index in [9.17, 15) is 9.59 Å². The number of nitrogens with one attached hydrogen (secondary N) is 2. The van der Waals surface area contributed by atoms with Crippen LogP contribution in [0.4, 0.5) is 5.00 Å². The SMILES string of the molecule is Cc1ccc(C=NNC(=O)c2c(C)csc2NC(=O)c2cccc(CN3CCN(CCO)CC3)c2)cc1C. The summed E-state index contributed by atoms with van der Waals surface area (Å²) >= 11 is 1.32. The molecule has 2 heterocycles. The highest BCUT2D eigenvalue weighted by Gasteiger charge is 2.20. The van der Waals surface area contributed by atoms with Crippen molar-refractivity contribution in [2.75, 3.05) is 44.6 Å². The van der Waals surface area contributed by atoms with Crippen molar-refractivity contribution in [3.8, 4) is 0 Å². The molecule has 0 saturated carbocycles. The summed E-state index contributed by atoms with van der Waals surface area (Å²) in [7, 11) is 0. The zero-order valence-electron chi connectivity index (χ0n) is 22.2. The Balaban J connectivity index is 1.37. The summed E-state index contributed by atoms with van der Waals surface area (Å²) in [6, 6.07) is 13.6. The van der Waals surface area contributed by atoms with Crippen molar-refractivity contribution in [3.63, 3.8) is 0 Å². The number of aryl methyl sites for hydroxylation is 3. The molecule has 200 valence electrons. The second kappa shape index (κ2) is 12.9. The zero-order valence-corrected chi connectivity index (χ0v) is 23.0. The molecule has 3 N–H and O–H groups in total. The molecule has 1 aliphatic heterocycles. The molecule has 0 unspecified atom stereocenters. The Morgan fingerprint density at radius 3 is 2.47 bits per heavy atom. The van der Waals surface area contributed by atoms with E-state index in [1.807, 2.05) is 62.5 Å². The van der Waals surface area contributed by atoms with E-state index in [1.54, 1.807) is 12.3 Å². The lowest BCUT2D eigenvalue weighted by atomic mass is 10.1. The number of rotatable bonds is 9. The first-order valence-corrected chi connectivity index (χ1v) is 13.7. The molecule has 9 heteroatoms. The topological polar surface area (TPSA) is 97.3 Å². The molecule has 4 rings (SSSR count). The first-order chi connectivity index (χ1) is 18.3. The summed E-state index contributed by atoms with van der Waals surface area (Å²) in [5.41, 5.74) is 8.65. The molecule has 2 aromatic carbocycles.